The molecule has 0 saturated carbocycles. The third-order valence-electron chi connectivity index (χ3n) is 5.77. The molecule has 1 saturated heterocycles. The predicted molar refractivity (Wildman–Crippen MR) is 126 cm³/mol. The fraction of sp³-hybridized carbons (Fsp3) is 0.417. The highest BCUT2D eigenvalue weighted by Crippen LogP contribution is 2.28. The van der Waals surface area contributed by atoms with Crippen molar-refractivity contribution < 1.29 is 14.3 Å². The van der Waals surface area contributed by atoms with Gasteiger partial charge >= 0.3 is 0 Å². The monoisotopic (exact) mass is 450 g/mol. The van der Waals surface area contributed by atoms with Gasteiger partial charge in [0.05, 0.1) is 22.8 Å². The van der Waals surface area contributed by atoms with Crippen LogP contribution in [0.2, 0.25) is 0 Å². The molecule has 174 valence electrons. The number of amides is 2. The second-order valence-electron chi connectivity index (χ2n) is 8.19. The summed E-state index contributed by atoms with van der Waals surface area (Å²) in [6.07, 6.45) is 5.16. The van der Waals surface area contributed by atoms with E-state index in [0.717, 1.165) is 40.7 Å². The quantitative estimate of drug-likeness (QED) is 0.487. The number of ether oxygens (including phenoxy) is 1. The molecule has 1 fully saturated rings. The van der Waals surface area contributed by atoms with E-state index in [0.29, 0.717) is 38.4 Å². The topological polar surface area (TPSA) is 110 Å². The van der Waals surface area contributed by atoms with E-state index in [2.05, 4.69) is 26.0 Å². The Bertz CT molecular complexity index is 1140. The number of carbonyl (C=O) groups excluding carboxylic acids is 2. The van der Waals surface area contributed by atoms with Gasteiger partial charge in [-0.25, -0.2) is 9.67 Å². The van der Waals surface area contributed by atoms with Crippen LogP contribution in [-0.4, -0.2) is 45.8 Å². The van der Waals surface area contributed by atoms with Crippen LogP contribution in [-0.2, 0) is 29.2 Å². The molecule has 2 aromatic heterocycles. The maximum atomic E-state index is 13.2. The Morgan fingerprint density at radius 1 is 1.12 bits per heavy atom. The average Bonchev–Trinajstić information content (AvgIpc) is 3.26. The van der Waals surface area contributed by atoms with Gasteiger partial charge in [-0.3, -0.25) is 9.59 Å². The summed E-state index contributed by atoms with van der Waals surface area (Å²) in [5.74, 6) is -0.275. The molecule has 33 heavy (non-hydrogen) atoms. The minimum atomic E-state index is -0.199. The van der Waals surface area contributed by atoms with Gasteiger partial charge in [-0.2, -0.15) is 5.10 Å². The number of benzene rings is 1. The van der Waals surface area contributed by atoms with Crippen LogP contribution >= 0.6 is 0 Å². The van der Waals surface area contributed by atoms with Gasteiger partial charge in [0.2, 0.25) is 5.91 Å². The van der Waals surface area contributed by atoms with Gasteiger partial charge < -0.3 is 20.7 Å². The lowest BCUT2D eigenvalue weighted by molar-refractivity contribution is -0.119. The van der Waals surface area contributed by atoms with Crippen LogP contribution in [0.4, 0.5) is 5.69 Å². The normalized spacial score (nSPS) is 14.2. The third kappa shape index (κ3) is 5.48. The van der Waals surface area contributed by atoms with Crippen molar-refractivity contribution in [2.75, 3.05) is 18.5 Å². The molecular weight excluding hydrogens is 420 g/mol. The zero-order valence-corrected chi connectivity index (χ0v) is 19.1. The van der Waals surface area contributed by atoms with Gasteiger partial charge in [0.1, 0.15) is 0 Å². The van der Waals surface area contributed by atoms with E-state index in [9.17, 15) is 9.59 Å². The lowest BCUT2D eigenvalue weighted by Gasteiger charge is -2.25. The standard InChI is InChI=1S/C24H30N6O3/c1-3-30-23-20(15-28-30)22(29-19-7-9-33-10-8-19)21(14-26-23)24(32)27-13-18-6-4-5-17(11-18)12-25-16(2)31/h4-6,11,14-15,19H,3,7-10,12-13H2,1-2H3,(H,25,31)(H,26,29)(H,27,32). The van der Waals surface area contributed by atoms with Gasteiger partial charge in [0, 0.05) is 52.0 Å². The minimum Gasteiger partial charge on any atom is -0.381 e. The number of nitrogens with one attached hydrogen (secondary N) is 3. The largest absolute Gasteiger partial charge is 0.381 e. The number of hydrogen-bond acceptors (Lipinski definition) is 6. The highest BCUT2D eigenvalue weighted by Gasteiger charge is 2.22. The van der Waals surface area contributed by atoms with Crippen LogP contribution in [0.1, 0.15) is 48.2 Å². The molecule has 0 atom stereocenters. The van der Waals surface area contributed by atoms with Crippen LogP contribution in [0, 0.1) is 0 Å². The number of carbonyl (C=O) groups is 2. The lowest BCUT2D eigenvalue weighted by atomic mass is 10.1. The highest BCUT2D eigenvalue weighted by atomic mass is 16.5. The molecule has 2 amide bonds. The summed E-state index contributed by atoms with van der Waals surface area (Å²) in [7, 11) is 0. The first kappa shape index (κ1) is 22.7. The van der Waals surface area contributed by atoms with Gasteiger partial charge in [-0.15, -0.1) is 0 Å². The summed E-state index contributed by atoms with van der Waals surface area (Å²) >= 11 is 0. The number of pyridine rings is 1. The summed E-state index contributed by atoms with van der Waals surface area (Å²) in [4.78, 5) is 28.9. The molecule has 3 heterocycles. The second-order valence-corrected chi connectivity index (χ2v) is 8.19. The molecule has 0 spiro atoms. The van der Waals surface area contributed by atoms with E-state index in [1.54, 1.807) is 12.4 Å². The van der Waals surface area contributed by atoms with E-state index >= 15 is 0 Å². The number of nitrogens with zero attached hydrogens (tertiary/aromatic N) is 3. The fourth-order valence-electron chi connectivity index (χ4n) is 3.99. The average molecular weight is 451 g/mol. The third-order valence-corrected chi connectivity index (χ3v) is 5.77. The van der Waals surface area contributed by atoms with Gasteiger partial charge in [0.15, 0.2) is 5.65 Å². The fourth-order valence-corrected chi connectivity index (χ4v) is 3.99. The van der Waals surface area contributed by atoms with Crippen molar-refractivity contribution in [3.05, 3.63) is 53.3 Å². The molecule has 0 unspecified atom stereocenters. The molecule has 4 rings (SSSR count). The zero-order valence-electron chi connectivity index (χ0n) is 19.1. The second kappa shape index (κ2) is 10.4. The number of anilines is 1. The van der Waals surface area contributed by atoms with Crippen molar-refractivity contribution >= 4 is 28.5 Å². The molecule has 0 bridgehead atoms. The first-order chi connectivity index (χ1) is 16.0. The van der Waals surface area contributed by atoms with E-state index in [1.165, 1.54) is 6.92 Å². The Morgan fingerprint density at radius 3 is 2.55 bits per heavy atom. The molecular formula is C24H30N6O3. The number of fused-ring (bicyclic) bond motifs is 1. The Hall–Kier alpha value is -3.46. The van der Waals surface area contributed by atoms with Crippen molar-refractivity contribution in [2.24, 2.45) is 0 Å². The summed E-state index contributed by atoms with van der Waals surface area (Å²) in [6, 6.07) is 8.02. The van der Waals surface area contributed by atoms with Gasteiger partial charge in [-0.1, -0.05) is 24.3 Å². The molecule has 3 aromatic rings. The number of aryl methyl sites for hydroxylation is 1. The highest BCUT2D eigenvalue weighted by molar-refractivity contribution is 6.06. The van der Waals surface area contributed by atoms with Crippen LogP contribution in [0.5, 0.6) is 0 Å². The van der Waals surface area contributed by atoms with Crippen LogP contribution < -0.4 is 16.0 Å². The van der Waals surface area contributed by atoms with Crippen LogP contribution in [0.25, 0.3) is 11.0 Å². The number of aromatic nitrogens is 3. The first-order valence-corrected chi connectivity index (χ1v) is 11.3. The van der Waals surface area contributed by atoms with Crippen molar-refractivity contribution in [1.29, 1.82) is 0 Å². The van der Waals surface area contributed by atoms with Crippen LogP contribution in [0.3, 0.4) is 0 Å². The molecule has 9 nitrogen and oxygen atoms in total. The Labute approximate surface area is 192 Å². The predicted octanol–water partition coefficient (Wildman–Crippen LogP) is 2.61. The zero-order chi connectivity index (χ0) is 23.2. The smallest absolute Gasteiger partial charge is 0.255 e. The first-order valence-electron chi connectivity index (χ1n) is 11.3. The van der Waals surface area contributed by atoms with Gasteiger partial charge in [0.25, 0.3) is 5.91 Å². The van der Waals surface area contributed by atoms with Crippen molar-refractivity contribution in [3.8, 4) is 0 Å². The van der Waals surface area contributed by atoms with E-state index < -0.39 is 0 Å². The maximum Gasteiger partial charge on any atom is 0.255 e. The molecule has 0 radical (unpaired) electrons. The Kier molecular flexibility index (Phi) is 7.19. The minimum absolute atomic E-state index is 0.0763. The summed E-state index contributed by atoms with van der Waals surface area (Å²) < 4.78 is 7.31. The van der Waals surface area contributed by atoms with Gasteiger partial charge in [-0.05, 0) is 30.9 Å². The van der Waals surface area contributed by atoms with Crippen molar-refractivity contribution in [2.45, 2.75) is 52.4 Å². The van der Waals surface area contributed by atoms with E-state index in [4.69, 9.17) is 4.74 Å². The SMILES string of the molecule is CCn1ncc2c(NC3CCOCC3)c(C(=O)NCc3cccc(CNC(C)=O)c3)cnc21. The van der Waals surface area contributed by atoms with Crippen LogP contribution in [0.15, 0.2) is 36.7 Å². The molecule has 3 N–H and O–H groups in total. The molecule has 1 aromatic carbocycles. The molecule has 0 aliphatic carbocycles. The Morgan fingerprint density at radius 2 is 1.85 bits per heavy atom. The number of hydrogen-bond donors (Lipinski definition) is 3. The molecule has 1 aliphatic heterocycles. The lowest BCUT2D eigenvalue weighted by Crippen LogP contribution is -2.30. The van der Waals surface area contributed by atoms with E-state index in [-0.39, 0.29) is 17.9 Å². The molecule has 1 aliphatic rings. The van der Waals surface area contributed by atoms with E-state index in [1.807, 2.05) is 35.9 Å². The summed E-state index contributed by atoms with van der Waals surface area (Å²) in [6.45, 7) is 6.44. The summed E-state index contributed by atoms with van der Waals surface area (Å²) in [5.41, 5.74) is 3.96. The van der Waals surface area contributed by atoms with Crippen molar-refractivity contribution in [1.82, 2.24) is 25.4 Å². The number of rotatable bonds is 8. The van der Waals surface area contributed by atoms with Crippen molar-refractivity contribution in [3.63, 3.8) is 0 Å². The Balaban J connectivity index is 1.54. The summed E-state index contributed by atoms with van der Waals surface area (Å²) in [5, 5.41) is 14.6. The molecule has 9 heteroatoms. The maximum absolute atomic E-state index is 13.2.